The smallest absolute Gasteiger partial charge is 0.0631 e. The van der Waals surface area contributed by atoms with E-state index in [0.717, 1.165) is 21.2 Å². The minimum absolute atomic E-state index is 0.793. The van der Waals surface area contributed by atoms with E-state index in [1.807, 2.05) is 6.20 Å². The molecule has 102 valence electrons. The molecule has 2 nitrogen and oxygen atoms in total. The second kappa shape index (κ2) is 5.62. The Bertz CT molecular complexity index is 739. The Hall–Kier alpha value is -1.26. The van der Waals surface area contributed by atoms with Crippen LogP contribution in [0.1, 0.15) is 11.1 Å². The van der Waals surface area contributed by atoms with Gasteiger partial charge in [0.05, 0.1) is 5.69 Å². The lowest BCUT2D eigenvalue weighted by molar-refractivity contribution is 1.14. The van der Waals surface area contributed by atoms with Crippen LogP contribution in [-0.2, 0) is 6.54 Å². The van der Waals surface area contributed by atoms with Crippen molar-refractivity contribution in [3.8, 4) is 0 Å². The maximum absolute atomic E-state index is 3.61. The quantitative estimate of drug-likeness (QED) is 0.594. The first-order chi connectivity index (χ1) is 9.63. The third kappa shape index (κ3) is 2.76. The average molecular weight is 394 g/mol. The summed E-state index contributed by atoms with van der Waals surface area (Å²) in [6.45, 7) is 2.88. The number of hydrogen-bond acceptors (Lipinski definition) is 1. The molecule has 0 radical (unpaired) electrons. The van der Waals surface area contributed by atoms with Crippen LogP contribution in [0.5, 0.6) is 0 Å². The monoisotopic (exact) mass is 392 g/mol. The van der Waals surface area contributed by atoms with E-state index in [9.17, 15) is 0 Å². The summed E-state index contributed by atoms with van der Waals surface area (Å²) in [4.78, 5) is 3.21. The topological polar surface area (TPSA) is 27.8 Å². The van der Waals surface area contributed by atoms with Gasteiger partial charge in [-0.1, -0.05) is 6.07 Å². The van der Waals surface area contributed by atoms with Crippen LogP contribution in [-0.4, -0.2) is 4.98 Å². The Morgan fingerprint density at radius 3 is 2.55 bits per heavy atom. The van der Waals surface area contributed by atoms with Crippen molar-refractivity contribution in [3.63, 3.8) is 0 Å². The molecule has 0 unspecified atom stereocenters. The molecule has 0 saturated heterocycles. The minimum atomic E-state index is 0.793. The number of halogens is 2. The second-order valence-electron chi connectivity index (χ2n) is 4.86. The molecule has 1 aromatic heterocycles. The van der Waals surface area contributed by atoms with Gasteiger partial charge in [-0.05, 0) is 85.6 Å². The summed E-state index contributed by atoms with van der Waals surface area (Å²) in [7, 11) is 0. The van der Waals surface area contributed by atoms with Crippen LogP contribution < -0.4 is 5.32 Å². The zero-order valence-electron chi connectivity index (χ0n) is 11.0. The number of aromatic amines is 1. The minimum Gasteiger partial charge on any atom is -0.379 e. The highest BCUT2D eigenvalue weighted by Gasteiger charge is 2.06. The Kier molecular flexibility index (Phi) is 3.85. The predicted octanol–water partition coefficient (Wildman–Crippen LogP) is 5.61. The van der Waals surface area contributed by atoms with Crippen LogP contribution >= 0.6 is 31.9 Å². The summed E-state index contributed by atoms with van der Waals surface area (Å²) in [5.41, 5.74) is 4.75. The van der Waals surface area contributed by atoms with Crippen molar-refractivity contribution >= 4 is 48.5 Å². The summed E-state index contributed by atoms with van der Waals surface area (Å²) >= 11 is 7.22. The van der Waals surface area contributed by atoms with Crippen molar-refractivity contribution in [1.29, 1.82) is 0 Å². The zero-order valence-corrected chi connectivity index (χ0v) is 14.2. The molecule has 3 aromatic rings. The lowest BCUT2D eigenvalue weighted by Crippen LogP contribution is -2.01. The van der Waals surface area contributed by atoms with Gasteiger partial charge in [0.25, 0.3) is 0 Å². The third-order valence-electron chi connectivity index (χ3n) is 3.27. The van der Waals surface area contributed by atoms with Crippen molar-refractivity contribution in [2.75, 3.05) is 5.32 Å². The lowest BCUT2D eigenvalue weighted by Gasteiger charge is -2.12. The average Bonchev–Trinajstić information content (AvgIpc) is 2.84. The van der Waals surface area contributed by atoms with Crippen molar-refractivity contribution in [2.45, 2.75) is 13.5 Å². The van der Waals surface area contributed by atoms with Crippen molar-refractivity contribution in [2.24, 2.45) is 0 Å². The number of H-pyrrole nitrogens is 1. The van der Waals surface area contributed by atoms with Gasteiger partial charge in [0.15, 0.2) is 0 Å². The van der Waals surface area contributed by atoms with Gasteiger partial charge >= 0.3 is 0 Å². The van der Waals surface area contributed by atoms with Gasteiger partial charge in [-0.2, -0.15) is 0 Å². The second-order valence-corrected chi connectivity index (χ2v) is 6.57. The molecule has 2 N–H and O–H groups in total. The molecule has 0 bridgehead atoms. The molecule has 3 rings (SSSR count). The summed E-state index contributed by atoms with van der Waals surface area (Å²) in [6.07, 6.45) is 1.97. The molecule has 2 aromatic carbocycles. The SMILES string of the molecule is Cc1cc(Br)c(NCc2ccc3[nH]ccc3c2)c(Br)c1. The summed E-state index contributed by atoms with van der Waals surface area (Å²) in [5, 5.41) is 4.72. The first-order valence-corrected chi connectivity index (χ1v) is 7.97. The maximum Gasteiger partial charge on any atom is 0.0631 e. The van der Waals surface area contributed by atoms with E-state index in [-0.39, 0.29) is 0 Å². The van der Waals surface area contributed by atoms with E-state index in [4.69, 9.17) is 0 Å². The van der Waals surface area contributed by atoms with Crippen LogP contribution in [0.15, 0.2) is 51.5 Å². The molecular formula is C16H14Br2N2. The third-order valence-corrected chi connectivity index (χ3v) is 4.52. The van der Waals surface area contributed by atoms with Crippen molar-refractivity contribution < 1.29 is 0 Å². The molecule has 0 saturated carbocycles. The fourth-order valence-electron chi connectivity index (χ4n) is 2.27. The fourth-order valence-corrected chi connectivity index (χ4v) is 3.97. The maximum atomic E-state index is 3.61. The number of hydrogen-bond donors (Lipinski definition) is 2. The van der Waals surface area contributed by atoms with Crippen LogP contribution in [0.2, 0.25) is 0 Å². The largest absolute Gasteiger partial charge is 0.379 e. The van der Waals surface area contributed by atoms with Crippen LogP contribution in [0.3, 0.4) is 0 Å². The van der Waals surface area contributed by atoms with Crippen molar-refractivity contribution in [1.82, 2.24) is 4.98 Å². The molecule has 0 spiro atoms. The summed E-state index contributed by atoms with van der Waals surface area (Å²) in [6, 6.07) is 12.8. The van der Waals surface area contributed by atoms with E-state index < -0.39 is 0 Å². The molecule has 20 heavy (non-hydrogen) atoms. The van der Waals surface area contributed by atoms with E-state index in [1.54, 1.807) is 0 Å². The van der Waals surface area contributed by atoms with Gasteiger partial charge in [0.2, 0.25) is 0 Å². The molecule has 0 aliphatic heterocycles. The first-order valence-electron chi connectivity index (χ1n) is 6.39. The van der Waals surface area contributed by atoms with Crippen LogP contribution in [0.4, 0.5) is 5.69 Å². The van der Waals surface area contributed by atoms with Gasteiger partial charge in [-0.25, -0.2) is 0 Å². The Morgan fingerprint density at radius 1 is 1.05 bits per heavy atom. The van der Waals surface area contributed by atoms with E-state index in [0.29, 0.717) is 0 Å². The molecule has 0 aliphatic carbocycles. The highest BCUT2D eigenvalue weighted by molar-refractivity contribution is 9.11. The Balaban J connectivity index is 1.82. The molecule has 0 fully saturated rings. The fraction of sp³-hybridized carbons (Fsp3) is 0.125. The Labute approximate surface area is 134 Å². The molecule has 4 heteroatoms. The van der Waals surface area contributed by atoms with Gasteiger partial charge in [0, 0.05) is 27.2 Å². The number of rotatable bonds is 3. The number of aromatic nitrogens is 1. The summed E-state index contributed by atoms with van der Waals surface area (Å²) in [5.74, 6) is 0. The molecule has 0 atom stereocenters. The lowest BCUT2D eigenvalue weighted by atomic mass is 10.1. The van der Waals surface area contributed by atoms with Gasteiger partial charge in [-0.15, -0.1) is 0 Å². The first kappa shape index (κ1) is 13.7. The van der Waals surface area contributed by atoms with E-state index in [2.05, 4.69) is 85.5 Å². The molecule has 0 amide bonds. The standard InChI is InChI=1S/C16H14Br2N2/c1-10-6-13(17)16(14(18)7-10)20-9-11-2-3-15-12(8-11)4-5-19-15/h2-8,19-20H,9H2,1H3. The number of benzene rings is 2. The van der Waals surface area contributed by atoms with Gasteiger partial charge < -0.3 is 10.3 Å². The predicted molar refractivity (Wildman–Crippen MR) is 92.2 cm³/mol. The van der Waals surface area contributed by atoms with E-state index >= 15 is 0 Å². The number of fused-ring (bicyclic) bond motifs is 1. The highest BCUT2D eigenvalue weighted by atomic mass is 79.9. The normalized spacial score (nSPS) is 10.9. The zero-order chi connectivity index (χ0) is 14.1. The highest BCUT2D eigenvalue weighted by Crippen LogP contribution is 2.32. The number of nitrogens with one attached hydrogen (secondary N) is 2. The number of anilines is 1. The van der Waals surface area contributed by atoms with Crippen LogP contribution in [0, 0.1) is 6.92 Å². The number of aryl methyl sites for hydroxylation is 1. The summed E-state index contributed by atoms with van der Waals surface area (Å²) < 4.78 is 2.15. The van der Waals surface area contributed by atoms with Crippen LogP contribution in [0.25, 0.3) is 10.9 Å². The van der Waals surface area contributed by atoms with Crippen molar-refractivity contribution in [3.05, 3.63) is 62.7 Å². The molecule has 1 heterocycles. The Morgan fingerprint density at radius 2 is 1.80 bits per heavy atom. The molecular weight excluding hydrogens is 380 g/mol. The van der Waals surface area contributed by atoms with E-state index in [1.165, 1.54) is 22.0 Å². The van der Waals surface area contributed by atoms with Gasteiger partial charge in [-0.3, -0.25) is 0 Å². The van der Waals surface area contributed by atoms with Gasteiger partial charge in [0.1, 0.15) is 0 Å². The molecule has 0 aliphatic rings.